The van der Waals surface area contributed by atoms with Crippen molar-refractivity contribution in [2.24, 2.45) is 0 Å². The van der Waals surface area contributed by atoms with Gasteiger partial charge >= 0.3 is 0 Å². The number of rotatable bonds is 0. The van der Waals surface area contributed by atoms with E-state index < -0.39 is 0 Å². The van der Waals surface area contributed by atoms with E-state index >= 15 is 0 Å². The zero-order valence-corrected chi connectivity index (χ0v) is 6.94. The largest absolute Gasteiger partial charge is 0.386 e. The molecule has 0 saturated heterocycles. The van der Waals surface area contributed by atoms with Gasteiger partial charge in [-0.15, -0.1) is 0 Å². The van der Waals surface area contributed by atoms with Crippen LogP contribution in [0.15, 0.2) is 23.9 Å². The van der Waals surface area contributed by atoms with Gasteiger partial charge in [0.2, 0.25) is 0 Å². The van der Waals surface area contributed by atoms with Gasteiger partial charge in [0.1, 0.15) is 0 Å². The molecular weight excluding hydrogens is 122 g/mol. The molecule has 0 amide bonds. The van der Waals surface area contributed by atoms with Gasteiger partial charge in [0.15, 0.2) is 0 Å². The molecule has 0 aromatic rings. The minimum absolute atomic E-state index is 0.230. The highest BCUT2D eigenvalue weighted by Gasteiger charge is 2.14. The fourth-order valence-corrected chi connectivity index (χ4v) is 0.942. The van der Waals surface area contributed by atoms with Crippen molar-refractivity contribution in [1.29, 1.82) is 0 Å². The van der Waals surface area contributed by atoms with Crippen molar-refractivity contribution >= 4 is 0 Å². The van der Waals surface area contributed by atoms with Crippen molar-refractivity contribution in [3.63, 3.8) is 0 Å². The lowest BCUT2D eigenvalue weighted by molar-refractivity contribution is 0.451. The van der Waals surface area contributed by atoms with Crippen LogP contribution >= 0.6 is 0 Å². The lowest BCUT2D eigenvalue weighted by Crippen LogP contribution is -2.33. The number of nitrogens with one attached hydrogen (secondary N) is 1. The van der Waals surface area contributed by atoms with Crippen LogP contribution < -0.4 is 5.32 Å². The van der Waals surface area contributed by atoms with E-state index in [1.807, 2.05) is 6.20 Å². The Morgan fingerprint density at radius 3 is 2.90 bits per heavy atom. The fraction of sp³-hybridized carbons (Fsp3) is 0.556. The molecular formula is C9H15N. The van der Waals surface area contributed by atoms with E-state index in [1.165, 1.54) is 5.57 Å². The predicted octanol–water partition coefficient (Wildman–Crippen LogP) is 2.22. The first-order valence-corrected chi connectivity index (χ1v) is 3.71. The normalized spacial score (nSPS) is 22.9. The molecule has 1 N–H and O–H groups in total. The van der Waals surface area contributed by atoms with Crippen LogP contribution in [0, 0.1) is 0 Å². The first kappa shape index (κ1) is 7.39. The minimum atomic E-state index is 0.230. The Morgan fingerprint density at radius 2 is 2.20 bits per heavy atom. The maximum absolute atomic E-state index is 3.32. The second kappa shape index (κ2) is 2.49. The van der Waals surface area contributed by atoms with Gasteiger partial charge in [-0.25, -0.2) is 0 Å². The third-order valence-electron chi connectivity index (χ3n) is 1.75. The Balaban J connectivity index is 2.70. The zero-order valence-electron chi connectivity index (χ0n) is 6.94. The van der Waals surface area contributed by atoms with E-state index in [0.29, 0.717) is 0 Å². The van der Waals surface area contributed by atoms with Crippen molar-refractivity contribution in [2.75, 3.05) is 0 Å². The third kappa shape index (κ3) is 1.90. The van der Waals surface area contributed by atoms with Crippen molar-refractivity contribution < 1.29 is 0 Å². The van der Waals surface area contributed by atoms with Crippen LogP contribution in [0.3, 0.4) is 0 Å². The van der Waals surface area contributed by atoms with E-state index in [-0.39, 0.29) is 5.54 Å². The van der Waals surface area contributed by atoms with Gasteiger partial charge in [0.25, 0.3) is 0 Å². The quantitative estimate of drug-likeness (QED) is 0.540. The Kier molecular flexibility index (Phi) is 1.84. The number of allylic oxidation sites excluding steroid dienone is 2. The fourth-order valence-electron chi connectivity index (χ4n) is 0.942. The smallest absolute Gasteiger partial charge is 0.0346 e. The molecule has 0 aromatic heterocycles. The van der Waals surface area contributed by atoms with Crippen molar-refractivity contribution in [3.8, 4) is 0 Å². The molecule has 0 aliphatic carbocycles. The van der Waals surface area contributed by atoms with E-state index in [1.54, 1.807) is 0 Å². The second-order valence-corrected chi connectivity index (χ2v) is 3.51. The molecule has 0 bridgehead atoms. The summed E-state index contributed by atoms with van der Waals surface area (Å²) in [5, 5.41) is 3.32. The van der Waals surface area contributed by atoms with Crippen LogP contribution in [0.1, 0.15) is 27.2 Å². The molecule has 0 radical (unpaired) electrons. The Hall–Kier alpha value is -0.720. The third-order valence-corrected chi connectivity index (χ3v) is 1.75. The highest BCUT2D eigenvalue weighted by Crippen LogP contribution is 2.14. The van der Waals surface area contributed by atoms with E-state index in [2.05, 4.69) is 38.2 Å². The van der Waals surface area contributed by atoms with Gasteiger partial charge in [-0.2, -0.15) is 0 Å². The van der Waals surface area contributed by atoms with Crippen molar-refractivity contribution in [2.45, 2.75) is 32.7 Å². The maximum Gasteiger partial charge on any atom is 0.0346 e. The first-order valence-electron chi connectivity index (χ1n) is 3.71. The molecule has 0 aromatic carbocycles. The lowest BCUT2D eigenvalue weighted by Gasteiger charge is -2.22. The van der Waals surface area contributed by atoms with Crippen LogP contribution in [0.4, 0.5) is 0 Å². The van der Waals surface area contributed by atoms with Crippen molar-refractivity contribution in [1.82, 2.24) is 5.32 Å². The molecule has 0 unspecified atom stereocenters. The molecule has 56 valence electrons. The molecule has 1 aliphatic heterocycles. The molecule has 1 aliphatic rings. The molecule has 0 fully saturated rings. The van der Waals surface area contributed by atoms with Crippen LogP contribution in [0.2, 0.25) is 0 Å². The summed E-state index contributed by atoms with van der Waals surface area (Å²) < 4.78 is 0. The summed E-state index contributed by atoms with van der Waals surface area (Å²) in [6.45, 7) is 6.53. The molecule has 0 atom stereocenters. The highest BCUT2D eigenvalue weighted by atomic mass is 14.9. The lowest BCUT2D eigenvalue weighted by atomic mass is 10.0. The summed E-state index contributed by atoms with van der Waals surface area (Å²) in [6.07, 6.45) is 7.50. The molecule has 10 heavy (non-hydrogen) atoms. The summed E-state index contributed by atoms with van der Waals surface area (Å²) >= 11 is 0. The van der Waals surface area contributed by atoms with Gasteiger partial charge in [-0.1, -0.05) is 11.6 Å². The summed E-state index contributed by atoms with van der Waals surface area (Å²) in [5.74, 6) is 0. The van der Waals surface area contributed by atoms with Crippen molar-refractivity contribution in [3.05, 3.63) is 23.9 Å². The van der Waals surface area contributed by atoms with Crippen LogP contribution in [-0.2, 0) is 0 Å². The number of hydrogen-bond acceptors (Lipinski definition) is 1. The predicted molar refractivity (Wildman–Crippen MR) is 44.7 cm³/mol. The second-order valence-electron chi connectivity index (χ2n) is 3.51. The summed E-state index contributed by atoms with van der Waals surface area (Å²) in [6, 6.07) is 0. The average Bonchev–Trinajstić information content (AvgIpc) is 1.94. The van der Waals surface area contributed by atoms with Gasteiger partial charge < -0.3 is 5.32 Å². The zero-order chi connectivity index (χ0) is 7.61. The molecule has 1 heteroatoms. The topological polar surface area (TPSA) is 12.0 Å². The Labute approximate surface area is 62.8 Å². The van der Waals surface area contributed by atoms with Gasteiger partial charge in [0.05, 0.1) is 0 Å². The Morgan fingerprint density at radius 1 is 1.50 bits per heavy atom. The summed E-state index contributed by atoms with van der Waals surface area (Å²) in [4.78, 5) is 0. The van der Waals surface area contributed by atoms with E-state index in [9.17, 15) is 0 Å². The molecule has 0 spiro atoms. The molecule has 0 saturated carbocycles. The SMILES string of the molecule is CC1=CCC(C)(C)NC=C1. The average molecular weight is 137 g/mol. The molecule has 1 nitrogen and oxygen atoms in total. The molecule has 1 heterocycles. The molecule has 1 rings (SSSR count). The summed E-state index contributed by atoms with van der Waals surface area (Å²) in [5.41, 5.74) is 1.58. The highest BCUT2D eigenvalue weighted by molar-refractivity contribution is 5.19. The van der Waals surface area contributed by atoms with Gasteiger partial charge in [0, 0.05) is 5.54 Å². The van der Waals surface area contributed by atoms with Crippen LogP contribution in [0.5, 0.6) is 0 Å². The first-order chi connectivity index (χ1) is 4.60. The maximum atomic E-state index is 3.32. The van der Waals surface area contributed by atoms with Crippen LogP contribution in [-0.4, -0.2) is 5.54 Å². The number of hydrogen-bond donors (Lipinski definition) is 1. The summed E-state index contributed by atoms with van der Waals surface area (Å²) in [7, 11) is 0. The monoisotopic (exact) mass is 137 g/mol. The van der Waals surface area contributed by atoms with Crippen LogP contribution in [0.25, 0.3) is 0 Å². The van der Waals surface area contributed by atoms with Gasteiger partial charge in [-0.3, -0.25) is 0 Å². The van der Waals surface area contributed by atoms with E-state index in [0.717, 1.165) is 6.42 Å². The standard InChI is InChI=1S/C9H15N/c1-8-4-6-9(2,3)10-7-5-8/h4-5,7,10H,6H2,1-3H3. The van der Waals surface area contributed by atoms with E-state index in [4.69, 9.17) is 0 Å². The van der Waals surface area contributed by atoms with Gasteiger partial charge in [-0.05, 0) is 39.5 Å². The minimum Gasteiger partial charge on any atom is -0.386 e. The Bertz CT molecular complexity index is 175.